The van der Waals surface area contributed by atoms with Gasteiger partial charge in [-0.1, -0.05) is 19.1 Å². The van der Waals surface area contributed by atoms with Crippen LogP contribution in [0.2, 0.25) is 0 Å². The molecule has 0 spiro atoms. The van der Waals surface area contributed by atoms with Crippen LogP contribution in [-0.4, -0.2) is 53.7 Å². The van der Waals surface area contributed by atoms with E-state index in [0.29, 0.717) is 49.8 Å². The van der Waals surface area contributed by atoms with E-state index in [1.807, 2.05) is 0 Å². The van der Waals surface area contributed by atoms with Crippen LogP contribution in [0.4, 0.5) is 10.1 Å². The van der Waals surface area contributed by atoms with Crippen LogP contribution < -0.4 is 5.32 Å². The molecule has 1 N–H and O–H groups in total. The molecule has 2 aliphatic rings. The molecule has 162 valence electrons. The summed E-state index contributed by atoms with van der Waals surface area (Å²) in [7, 11) is 0. The molecule has 0 bridgehead atoms. The van der Waals surface area contributed by atoms with Crippen LogP contribution in [0.15, 0.2) is 48.5 Å². The molecule has 0 radical (unpaired) electrons. The lowest BCUT2D eigenvalue weighted by Gasteiger charge is -2.22. The minimum atomic E-state index is -0.534. The largest absolute Gasteiger partial charge is 0.337 e. The molecular weight excluding hydrogens is 397 g/mol. The van der Waals surface area contributed by atoms with Crippen LogP contribution in [0.3, 0.4) is 0 Å². The summed E-state index contributed by atoms with van der Waals surface area (Å²) >= 11 is 0. The summed E-state index contributed by atoms with van der Waals surface area (Å²) in [5.41, 5.74) is 1.27. The first kappa shape index (κ1) is 21.0. The van der Waals surface area contributed by atoms with Gasteiger partial charge in [0.2, 0.25) is 5.91 Å². The van der Waals surface area contributed by atoms with E-state index in [0.717, 1.165) is 6.42 Å². The zero-order valence-electron chi connectivity index (χ0n) is 17.5. The number of amides is 3. The number of rotatable bonds is 4. The molecule has 0 aromatic heterocycles. The molecule has 2 unspecified atom stereocenters. The van der Waals surface area contributed by atoms with E-state index in [2.05, 4.69) is 12.2 Å². The molecule has 6 nitrogen and oxygen atoms in total. The summed E-state index contributed by atoms with van der Waals surface area (Å²) in [4.78, 5) is 41.0. The van der Waals surface area contributed by atoms with Gasteiger partial charge in [0.1, 0.15) is 5.82 Å². The van der Waals surface area contributed by atoms with Gasteiger partial charge in [0, 0.05) is 43.3 Å². The van der Waals surface area contributed by atoms with Crippen molar-refractivity contribution in [2.75, 3.05) is 31.5 Å². The number of hydrogen-bond donors (Lipinski definition) is 1. The molecule has 2 aromatic rings. The third-order valence-electron chi connectivity index (χ3n) is 6.02. The summed E-state index contributed by atoms with van der Waals surface area (Å²) in [6.07, 6.45) is 1.55. The summed E-state index contributed by atoms with van der Waals surface area (Å²) in [6.45, 7) is 3.79. The molecule has 2 aromatic carbocycles. The summed E-state index contributed by atoms with van der Waals surface area (Å²) < 4.78 is 14.0. The maximum absolute atomic E-state index is 14.0. The highest BCUT2D eigenvalue weighted by atomic mass is 19.1. The molecule has 1 heterocycles. The second-order valence-corrected chi connectivity index (χ2v) is 8.30. The smallest absolute Gasteiger partial charge is 0.256 e. The van der Waals surface area contributed by atoms with E-state index in [4.69, 9.17) is 0 Å². The Balaban J connectivity index is 1.35. The molecule has 1 aliphatic carbocycles. The molecule has 31 heavy (non-hydrogen) atoms. The lowest BCUT2D eigenvalue weighted by atomic mass is 10.1. The topological polar surface area (TPSA) is 69.7 Å². The van der Waals surface area contributed by atoms with Gasteiger partial charge in [0.05, 0.1) is 5.56 Å². The average Bonchev–Trinajstić information content (AvgIpc) is 3.55. The van der Waals surface area contributed by atoms with Crippen LogP contribution in [0.5, 0.6) is 0 Å². The van der Waals surface area contributed by atoms with Gasteiger partial charge in [-0.15, -0.1) is 0 Å². The Hall–Kier alpha value is -3.22. The minimum Gasteiger partial charge on any atom is -0.337 e. The third-order valence-corrected chi connectivity index (χ3v) is 6.02. The van der Waals surface area contributed by atoms with Crippen molar-refractivity contribution in [2.45, 2.75) is 19.8 Å². The summed E-state index contributed by atoms with van der Waals surface area (Å²) in [5, 5.41) is 2.89. The Kier molecular flexibility index (Phi) is 6.02. The summed E-state index contributed by atoms with van der Waals surface area (Å²) in [5.74, 6) is -0.444. The van der Waals surface area contributed by atoms with E-state index in [1.165, 1.54) is 12.1 Å². The summed E-state index contributed by atoms with van der Waals surface area (Å²) in [6, 6.07) is 12.9. The van der Waals surface area contributed by atoms with E-state index in [-0.39, 0.29) is 29.2 Å². The highest BCUT2D eigenvalue weighted by Crippen LogP contribution is 2.38. The molecule has 1 saturated carbocycles. The monoisotopic (exact) mass is 423 g/mol. The third kappa shape index (κ3) is 4.76. The fourth-order valence-corrected chi connectivity index (χ4v) is 3.93. The van der Waals surface area contributed by atoms with E-state index in [1.54, 1.807) is 46.2 Å². The maximum Gasteiger partial charge on any atom is 0.256 e. The van der Waals surface area contributed by atoms with Crippen molar-refractivity contribution in [2.24, 2.45) is 11.8 Å². The number of halogens is 1. The Morgan fingerprint density at radius 3 is 2.13 bits per heavy atom. The van der Waals surface area contributed by atoms with Gasteiger partial charge in [0.25, 0.3) is 11.8 Å². The highest BCUT2D eigenvalue weighted by molar-refractivity contribution is 5.97. The van der Waals surface area contributed by atoms with E-state index >= 15 is 0 Å². The van der Waals surface area contributed by atoms with Crippen molar-refractivity contribution in [3.05, 3.63) is 65.5 Å². The van der Waals surface area contributed by atoms with Gasteiger partial charge < -0.3 is 15.1 Å². The van der Waals surface area contributed by atoms with Crippen LogP contribution in [0.1, 0.15) is 40.5 Å². The van der Waals surface area contributed by atoms with Gasteiger partial charge in [0.15, 0.2) is 0 Å². The number of carbonyl (C=O) groups excluding carboxylic acids is 3. The van der Waals surface area contributed by atoms with Crippen molar-refractivity contribution < 1.29 is 18.8 Å². The molecule has 1 aliphatic heterocycles. The zero-order valence-corrected chi connectivity index (χ0v) is 17.5. The van der Waals surface area contributed by atoms with Gasteiger partial charge in [-0.25, -0.2) is 4.39 Å². The van der Waals surface area contributed by atoms with Crippen LogP contribution in [0, 0.1) is 17.7 Å². The Labute approximate surface area is 181 Å². The lowest BCUT2D eigenvalue weighted by molar-refractivity contribution is -0.117. The molecule has 2 atom stereocenters. The minimum absolute atomic E-state index is 0.0266. The Bertz CT molecular complexity index is 992. The predicted molar refractivity (Wildman–Crippen MR) is 115 cm³/mol. The molecule has 3 amide bonds. The molecule has 2 fully saturated rings. The molecular formula is C24H26FN3O3. The van der Waals surface area contributed by atoms with Crippen LogP contribution in [-0.2, 0) is 4.79 Å². The van der Waals surface area contributed by atoms with Gasteiger partial charge >= 0.3 is 0 Å². The number of carbonyl (C=O) groups is 3. The first-order valence-corrected chi connectivity index (χ1v) is 10.7. The standard InChI is InChI=1S/C24H26FN3O3/c1-16-15-20(16)22(29)26-18-9-7-17(8-10-18)23(30)27-11-4-12-28(14-13-27)24(31)19-5-2-3-6-21(19)25/h2-3,5-10,16,20H,4,11-15H2,1H3,(H,26,29). The predicted octanol–water partition coefficient (Wildman–Crippen LogP) is 3.41. The highest BCUT2D eigenvalue weighted by Gasteiger charge is 2.39. The first-order chi connectivity index (χ1) is 14.9. The maximum atomic E-state index is 14.0. The first-order valence-electron chi connectivity index (χ1n) is 10.7. The fraction of sp³-hybridized carbons (Fsp3) is 0.375. The van der Waals surface area contributed by atoms with Crippen molar-refractivity contribution in [3.8, 4) is 0 Å². The number of nitrogens with zero attached hydrogens (tertiary/aromatic N) is 2. The SMILES string of the molecule is CC1CC1C(=O)Nc1ccc(C(=O)N2CCCN(C(=O)c3ccccc3F)CC2)cc1. The molecule has 4 rings (SSSR count). The second kappa shape index (κ2) is 8.88. The van der Waals surface area contributed by atoms with Crippen molar-refractivity contribution in [1.82, 2.24) is 9.80 Å². The molecule has 7 heteroatoms. The van der Waals surface area contributed by atoms with Crippen molar-refractivity contribution in [3.63, 3.8) is 0 Å². The van der Waals surface area contributed by atoms with Gasteiger partial charge in [-0.05, 0) is 55.2 Å². The lowest BCUT2D eigenvalue weighted by Crippen LogP contribution is -2.37. The quantitative estimate of drug-likeness (QED) is 0.819. The van der Waals surface area contributed by atoms with E-state index in [9.17, 15) is 18.8 Å². The van der Waals surface area contributed by atoms with Crippen LogP contribution in [0.25, 0.3) is 0 Å². The second-order valence-electron chi connectivity index (χ2n) is 8.30. The number of anilines is 1. The zero-order chi connectivity index (χ0) is 22.0. The number of nitrogens with one attached hydrogen (secondary N) is 1. The Morgan fingerprint density at radius 2 is 1.52 bits per heavy atom. The van der Waals surface area contributed by atoms with E-state index < -0.39 is 5.82 Å². The molecule has 1 saturated heterocycles. The Morgan fingerprint density at radius 1 is 0.903 bits per heavy atom. The van der Waals surface area contributed by atoms with Crippen molar-refractivity contribution in [1.29, 1.82) is 0 Å². The number of benzene rings is 2. The average molecular weight is 423 g/mol. The van der Waals surface area contributed by atoms with Crippen LogP contribution >= 0.6 is 0 Å². The van der Waals surface area contributed by atoms with Gasteiger partial charge in [-0.2, -0.15) is 0 Å². The van der Waals surface area contributed by atoms with Crippen molar-refractivity contribution >= 4 is 23.4 Å². The van der Waals surface area contributed by atoms with Gasteiger partial charge in [-0.3, -0.25) is 14.4 Å². The normalized spacial score (nSPS) is 20.7. The number of hydrogen-bond acceptors (Lipinski definition) is 3. The fourth-order valence-electron chi connectivity index (χ4n) is 3.93.